The quantitative estimate of drug-likeness (QED) is 0.145. The highest BCUT2D eigenvalue weighted by Crippen LogP contribution is 2.32. The minimum absolute atomic E-state index is 0.00861. The van der Waals surface area contributed by atoms with Crippen LogP contribution >= 0.6 is 0 Å². The van der Waals surface area contributed by atoms with Crippen LogP contribution in [0.3, 0.4) is 0 Å². The van der Waals surface area contributed by atoms with E-state index in [9.17, 15) is 29.8 Å². The molecule has 0 radical (unpaired) electrons. The van der Waals surface area contributed by atoms with E-state index in [-0.39, 0.29) is 17.8 Å². The lowest BCUT2D eigenvalue weighted by atomic mass is 9.86. The van der Waals surface area contributed by atoms with Crippen molar-refractivity contribution in [2.24, 2.45) is 0 Å². The first-order chi connectivity index (χ1) is 15.2. The summed E-state index contributed by atoms with van der Waals surface area (Å²) in [6.45, 7) is 3.36. The SMILES string of the molecule is CCCCCCCCCC(O[N+](=O)[O-])C(O[N+](=O)[O-])C1=C(C)C(=O)C(OC)=C(OC)C1=O. The number of hydrogen-bond acceptors (Lipinski definition) is 10. The number of ketones is 2. The van der Waals surface area contributed by atoms with Gasteiger partial charge < -0.3 is 19.1 Å². The second-order valence-corrected chi connectivity index (χ2v) is 7.29. The van der Waals surface area contributed by atoms with Crippen molar-refractivity contribution >= 4 is 11.6 Å². The Labute approximate surface area is 185 Å². The smallest absolute Gasteiger partial charge is 0.295 e. The number of ether oxygens (including phenoxy) is 2. The second-order valence-electron chi connectivity index (χ2n) is 7.29. The zero-order valence-corrected chi connectivity index (χ0v) is 18.8. The molecule has 0 saturated carbocycles. The molecule has 1 aliphatic rings. The Hall–Kier alpha value is -3.18. The molecule has 12 nitrogen and oxygen atoms in total. The van der Waals surface area contributed by atoms with E-state index in [1.54, 1.807) is 0 Å². The van der Waals surface area contributed by atoms with Gasteiger partial charge in [-0.2, -0.15) is 0 Å². The van der Waals surface area contributed by atoms with Crippen LogP contribution in [0.2, 0.25) is 0 Å². The molecule has 0 fully saturated rings. The Morgan fingerprint density at radius 2 is 1.31 bits per heavy atom. The Kier molecular flexibility index (Phi) is 11.1. The fraction of sp³-hybridized carbons (Fsp3) is 0.700. The van der Waals surface area contributed by atoms with E-state index >= 15 is 0 Å². The van der Waals surface area contributed by atoms with Gasteiger partial charge >= 0.3 is 0 Å². The summed E-state index contributed by atoms with van der Waals surface area (Å²) in [5, 5.41) is 20.0. The van der Waals surface area contributed by atoms with Crippen molar-refractivity contribution in [3.05, 3.63) is 42.9 Å². The zero-order valence-electron chi connectivity index (χ0n) is 18.8. The van der Waals surface area contributed by atoms with Crippen LogP contribution in [0.5, 0.6) is 0 Å². The summed E-state index contributed by atoms with van der Waals surface area (Å²) in [5.41, 5.74) is -0.629. The van der Waals surface area contributed by atoms with E-state index < -0.39 is 45.3 Å². The Morgan fingerprint density at radius 3 is 1.81 bits per heavy atom. The molecule has 0 spiro atoms. The predicted molar refractivity (Wildman–Crippen MR) is 110 cm³/mol. The third-order valence-electron chi connectivity index (χ3n) is 5.15. The minimum Gasteiger partial charge on any atom is -0.489 e. The molecule has 32 heavy (non-hydrogen) atoms. The molecule has 0 aliphatic heterocycles. The van der Waals surface area contributed by atoms with Crippen LogP contribution in [0.25, 0.3) is 0 Å². The van der Waals surface area contributed by atoms with Crippen molar-refractivity contribution in [1.82, 2.24) is 0 Å². The highest BCUT2D eigenvalue weighted by molar-refractivity contribution is 6.23. The maximum absolute atomic E-state index is 13.0. The lowest BCUT2D eigenvalue weighted by Crippen LogP contribution is -2.42. The molecule has 0 N–H and O–H groups in total. The molecule has 0 heterocycles. The largest absolute Gasteiger partial charge is 0.489 e. The number of nitrogens with zero attached hydrogens (tertiary/aromatic N) is 2. The minimum atomic E-state index is -1.80. The number of methoxy groups -OCH3 is 2. The summed E-state index contributed by atoms with van der Waals surface area (Å²) < 4.78 is 9.90. The average Bonchev–Trinajstić information content (AvgIpc) is 2.73. The molecule has 0 bridgehead atoms. The van der Waals surface area contributed by atoms with Gasteiger partial charge in [-0.15, -0.1) is 20.2 Å². The second kappa shape index (κ2) is 13.3. The van der Waals surface area contributed by atoms with Gasteiger partial charge in [0.15, 0.2) is 6.10 Å². The van der Waals surface area contributed by atoms with Gasteiger partial charge in [0.2, 0.25) is 23.1 Å². The molecule has 2 atom stereocenters. The van der Waals surface area contributed by atoms with Gasteiger partial charge in [0.05, 0.1) is 14.2 Å². The number of rotatable bonds is 16. The van der Waals surface area contributed by atoms with Crippen LogP contribution in [0.4, 0.5) is 0 Å². The van der Waals surface area contributed by atoms with Gasteiger partial charge in [-0.05, 0) is 13.3 Å². The summed E-state index contributed by atoms with van der Waals surface area (Å²) in [5.74, 6) is -2.47. The van der Waals surface area contributed by atoms with Crippen LogP contribution in [-0.2, 0) is 28.7 Å². The van der Waals surface area contributed by atoms with Gasteiger partial charge in [-0.3, -0.25) is 9.59 Å². The molecule has 12 heteroatoms. The third kappa shape index (κ3) is 7.20. The van der Waals surface area contributed by atoms with Crippen LogP contribution < -0.4 is 0 Å². The lowest BCUT2D eigenvalue weighted by Gasteiger charge is -2.29. The van der Waals surface area contributed by atoms with Crippen molar-refractivity contribution in [3.8, 4) is 0 Å². The summed E-state index contributed by atoms with van der Waals surface area (Å²) in [4.78, 5) is 57.2. The normalized spacial score (nSPS) is 16.0. The van der Waals surface area contributed by atoms with E-state index in [4.69, 9.17) is 9.47 Å². The van der Waals surface area contributed by atoms with Crippen LogP contribution in [0.1, 0.15) is 65.2 Å². The molecule has 0 aromatic heterocycles. The molecular formula is C20H30N2O10. The average molecular weight is 458 g/mol. The first kappa shape index (κ1) is 26.9. The molecule has 180 valence electrons. The van der Waals surface area contributed by atoms with Gasteiger partial charge in [0.25, 0.3) is 10.2 Å². The summed E-state index contributed by atoms with van der Waals surface area (Å²) in [6.07, 6.45) is 3.09. The maximum Gasteiger partial charge on any atom is 0.295 e. The fourth-order valence-corrected chi connectivity index (χ4v) is 3.58. The zero-order chi connectivity index (χ0) is 24.3. The highest BCUT2D eigenvalue weighted by Gasteiger charge is 2.43. The molecular weight excluding hydrogens is 428 g/mol. The number of carbonyl (C=O) groups excluding carboxylic acids is 2. The van der Waals surface area contributed by atoms with Crippen molar-refractivity contribution in [2.75, 3.05) is 14.2 Å². The van der Waals surface area contributed by atoms with Crippen molar-refractivity contribution in [3.63, 3.8) is 0 Å². The topological polar surface area (TPSA) is 157 Å². The summed E-state index contributed by atoms with van der Waals surface area (Å²) in [7, 11) is 2.30. The summed E-state index contributed by atoms with van der Waals surface area (Å²) >= 11 is 0. The van der Waals surface area contributed by atoms with Gasteiger partial charge in [0.1, 0.15) is 6.10 Å². The van der Waals surface area contributed by atoms with E-state index in [1.807, 2.05) is 0 Å². The van der Waals surface area contributed by atoms with E-state index in [2.05, 4.69) is 16.6 Å². The number of allylic oxidation sites excluding steroid dienone is 2. The molecule has 1 rings (SSSR count). The van der Waals surface area contributed by atoms with E-state index in [1.165, 1.54) is 14.0 Å². The summed E-state index contributed by atoms with van der Waals surface area (Å²) in [6, 6.07) is 0. The monoisotopic (exact) mass is 458 g/mol. The first-order valence-electron chi connectivity index (χ1n) is 10.4. The number of hydrogen-bond donors (Lipinski definition) is 0. The van der Waals surface area contributed by atoms with Crippen LogP contribution in [0.15, 0.2) is 22.7 Å². The van der Waals surface area contributed by atoms with Gasteiger partial charge in [-0.25, -0.2) is 0 Å². The van der Waals surface area contributed by atoms with E-state index in [0.717, 1.165) is 39.2 Å². The lowest BCUT2D eigenvalue weighted by molar-refractivity contribution is -0.796. The molecule has 2 unspecified atom stereocenters. The van der Waals surface area contributed by atoms with Crippen molar-refractivity contribution in [2.45, 2.75) is 77.4 Å². The molecule has 1 aliphatic carbocycles. The fourth-order valence-electron chi connectivity index (χ4n) is 3.58. The number of unbranched alkanes of at least 4 members (excludes halogenated alkanes) is 6. The van der Waals surface area contributed by atoms with Crippen molar-refractivity contribution < 1.29 is 38.9 Å². The predicted octanol–water partition coefficient (Wildman–Crippen LogP) is 3.25. The maximum atomic E-state index is 13.0. The van der Waals surface area contributed by atoms with E-state index in [0.29, 0.717) is 12.8 Å². The Morgan fingerprint density at radius 1 is 0.812 bits per heavy atom. The number of Topliss-reactive ketones (excluding diaryl/α,β-unsaturated/α-hetero) is 2. The Balaban J connectivity index is 3.18. The van der Waals surface area contributed by atoms with Gasteiger partial charge in [0, 0.05) is 11.1 Å². The highest BCUT2D eigenvalue weighted by atomic mass is 17.0. The third-order valence-corrected chi connectivity index (χ3v) is 5.15. The molecule has 0 amide bonds. The Bertz CT molecular complexity index is 774. The molecule has 0 aromatic carbocycles. The van der Waals surface area contributed by atoms with Gasteiger partial charge in [-0.1, -0.05) is 51.9 Å². The van der Waals surface area contributed by atoms with Crippen LogP contribution in [-0.4, -0.2) is 48.2 Å². The number of carbonyl (C=O) groups is 2. The first-order valence-corrected chi connectivity index (χ1v) is 10.4. The van der Waals surface area contributed by atoms with Crippen LogP contribution in [0, 0.1) is 20.2 Å². The molecule has 0 aromatic rings. The molecule has 0 saturated heterocycles. The standard InChI is InChI=1S/C20H30N2O10/c1-5-6-7-8-9-10-11-12-14(31-21(25)26)18(32-22(27)28)15-13(2)16(23)19(29-3)20(30-4)17(15)24/h14,18H,5-12H2,1-4H3. The van der Waals surface area contributed by atoms with Crippen molar-refractivity contribution in [1.29, 1.82) is 0 Å².